The zero-order valence-electron chi connectivity index (χ0n) is 17.3. The van der Waals surface area contributed by atoms with E-state index in [-0.39, 0.29) is 41.8 Å². The number of hydrogen-bond donors (Lipinski definition) is 3. The van der Waals surface area contributed by atoms with Crippen LogP contribution in [0.15, 0.2) is 48.5 Å². The van der Waals surface area contributed by atoms with Crippen LogP contribution in [-0.4, -0.2) is 41.2 Å². The van der Waals surface area contributed by atoms with Gasteiger partial charge in [0, 0.05) is 24.6 Å². The van der Waals surface area contributed by atoms with Crippen molar-refractivity contribution in [2.75, 3.05) is 13.2 Å². The van der Waals surface area contributed by atoms with Crippen molar-refractivity contribution in [1.29, 1.82) is 0 Å². The van der Waals surface area contributed by atoms with Crippen molar-refractivity contribution in [3.8, 4) is 5.75 Å². The fourth-order valence-corrected chi connectivity index (χ4v) is 5.28. The van der Waals surface area contributed by atoms with Gasteiger partial charge in [-0.15, -0.1) is 0 Å². The van der Waals surface area contributed by atoms with E-state index in [1.807, 2.05) is 23.1 Å². The third kappa shape index (κ3) is 3.29. The van der Waals surface area contributed by atoms with Crippen LogP contribution in [0.3, 0.4) is 0 Å². The van der Waals surface area contributed by atoms with Crippen molar-refractivity contribution in [3.63, 3.8) is 0 Å². The molecule has 0 radical (unpaired) electrons. The summed E-state index contributed by atoms with van der Waals surface area (Å²) in [6.45, 7) is 3.53. The molecule has 158 valence electrons. The van der Waals surface area contributed by atoms with Crippen molar-refractivity contribution in [1.82, 2.24) is 15.8 Å². The van der Waals surface area contributed by atoms with E-state index in [1.54, 1.807) is 6.07 Å². The summed E-state index contributed by atoms with van der Waals surface area (Å²) in [5, 5.41) is 10.5. The van der Waals surface area contributed by atoms with E-state index < -0.39 is 0 Å². The van der Waals surface area contributed by atoms with Gasteiger partial charge in [-0.1, -0.05) is 49.4 Å². The summed E-state index contributed by atoms with van der Waals surface area (Å²) in [6.07, 6.45) is 3.13. The first-order valence-corrected chi connectivity index (χ1v) is 11.0. The van der Waals surface area contributed by atoms with Gasteiger partial charge in [0.25, 0.3) is 0 Å². The molecule has 3 saturated heterocycles. The number of phenols is 1. The highest BCUT2D eigenvalue weighted by Gasteiger charge is 2.56. The maximum atomic E-state index is 13.4. The van der Waals surface area contributed by atoms with Gasteiger partial charge >= 0.3 is 0 Å². The Morgan fingerprint density at radius 3 is 2.57 bits per heavy atom. The van der Waals surface area contributed by atoms with Gasteiger partial charge in [0.05, 0.1) is 18.2 Å². The number of phenolic OH excluding ortho intramolecular Hbond substituents is 1. The Morgan fingerprint density at radius 1 is 1.10 bits per heavy atom. The number of hydrogen-bond acceptors (Lipinski definition) is 5. The predicted octanol–water partition coefficient (Wildman–Crippen LogP) is 2.85. The Balaban J connectivity index is 1.54. The SMILES string of the molecule is CCc1ccc(C2C3C(NNC3c3ccccc3O)C(=O)N2CC2CCCO2)cc1. The summed E-state index contributed by atoms with van der Waals surface area (Å²) in [5.74, 6) is 0.327. The maximum absolute atomic E-state index is 13.4. The summed E-state index contributed by atoms with van der Waals surface area (Å²) >= 11 is 0. The number of likely N-dealkylation sites (tertiary alicyclic amines) is 1. The maximum Gasteiger partial charge on any atom is 0.242 e. The minimum absolute atomic E-state index is 0.0281. The van der Waals surface area contributed by atoms with E-state index in [4.69, 9.17) is 4.74 Å². The Hall–Kier alpha value is -2.41. The van der Waals surface area contributed by atoms with Gasteiger partial charge in [0.15, 0.2) is 0 Å². The van der Waals surface area contributed by atoms with Crippen molar-refractivity contribution in [2.45, 2.75) is 50.4 Å². The average molecular weight is 408 g/mol. The number of fused-ring (bicyclic) bond motifs is 1. The fourth-order valence-electron chi connectivity index (χ4n) is 5.28. The van der Waals surface area contributed by atoms with Crippen LogP contribution in [0.2, 0.25) is 0 Å². The lowest BCUT2D eigenvalue weighted by atomic mass is 9.83. The Bertz CT molecular complexity index is 910. The van der Waals surface area contributed by atoms with Gasteiger partial charge in [0.1, 0.15) is 11.8 Å². The lowest BCUT2D eigenvalue weighted by Crippen LogP contribution is -2.43. The van der Waals surface area contributed by atoms with E-state index in [0.717, 1.165) is 37.0 Å². The van der Waals surface area contributed by atoms with Crippen LogP contribution in [0.4, 0.5) is 0 Å². The molecule has 0 bridgehead atoms. The Kier molecular flexibility index (Phi) is 5.23. The molecule has 0 saturated carbocycles. The molecule has 1 amide bonds. The number of amides is 1. The van der Waals surface area contributed by atoms with Gasteiger partial charge in [-0.25, -0.2) is 10.9 Å². The predicted molar refractivity (Wildman–Crippen MR) is 114 cm³/mol. The highest BCUT2D eigenvalue weighted by Crippen LogP contribution is 2.48. The van der Waals surface area contributed by atoms with Crippen LogP contribution in [-0.2, 0) is 16.0 Å². The number of rotatable bonds is 5. The highest BCUT2D eigenvalue weighted by atomic mass is 16.5. The standard InChI is InChI=1S/C24H29N3O3/c1-2-15-9-11-16(12-10-15)23-20-21(18-7-3-4-8-19(18)28)25-26-22(20)24(29)27(23)14-17-6-5-13-30-17/h3-4,7-12,17,20-23,25-26,28H,2,5-6,13-14H2,1H3. The summed E-state index contributed by atoms with van der Waals surface area (Å²) in [5.41, 5.74) is 9.76. The summed E-state index contributed by atoms with van der Waals surface area (Å²) in [6, 6.07) is 15.4. The molecule has 3 aliphatic heterocycles. The number of aromatic hydroxyl groups is 1. The molecular formula is C24H29N3O3. The minimum Gasteiger partial charge on any atom is -0.508 e. The van der Waals surface area contributed by atoms with Gasteiger partial charge in [-0.3, -0.25) is 4.79 Å². The van der Waals surface area contributed by atoms with Gasteiger partial charge in [0.2, 0.25) is 5.91 Å². The van der Waals surface area contributed by atoms with E-state index in [2.05, 4.69) is 42.0 Å². The third-order valence-electron chi connectivity index (χ3n) is 6.84. The van der Waals surface area contributed by atoms with Crippen LogP contribution in [0, 0.1) is 5.92 Å². The van der Waals surface area contributed by atoms with E-state index >= 15 is 0 Å². The van der Waals surface area contributed by atoms with Crippen molar-refractivity contribution in [2.24, 2.45) is 5.92 Å². The number of hydrazine groups is 1. The number of carbonyl (C=O) groups excluding carboxylic acids is 1. The van der Waals surface area contributed by atoms with E-state index in [1.165, 1.54) is 5.56 Å². The summed E-state index contributed by atoms with van der Waals surface area (Å²) < 4.78 is 5.87. The zero-order chi connectivity index (χ0) is 20.7. The molecule has 0 spiro atoms. The lowest BCUT2D eigenvalue weighted by molar-refractivity contribution is -0.132. The smallest absolute Gasteiger partial charge is 0.242 e. The molecular weight excluding hydrogens is 378 g/mol. The molecule has 6 heteroatoms. The normalized spacial score (nSPS) is 30.8. The second-order valence-electron chi connectivity index (χ2n) is 8.55. The first-order chi connectivity index (χ1) is 14.7. The fraction of sp³-hybridized carbons (Fsp3) is 0.458. The second-order valence-corrected chi connectivity index (χ2v) is 8.55. The first-order valence-electron chi connectivity index (χ1n) is 11.0. The molecule has 3 N–H and O–H groups in total. The molecule has 30 heavy (non-hydrogen) atoms. The first kappa shape index (κ1) is 19.5. The molecule has 6 nitrogen and oxygen atoms in total. The largest absolute Gasteiger partial charge is 0.508 e. The molecule has 3 heterocycles. The average Bonchev–Trinajstić information content (AvgIpc) is 3.49. The van der Waals surface area contributed by atoms with Crippen LogP contribution in [0.25, 0.3) is 0 Å². The molecule has 5 unspecified atom stereocenters. The van der Waals surface area contributed by atoms with Crippen molar-refractivity contribution in [3.05, 3.63) is 65.2 Å². The summed E-state index contributed by atoms with van der Waals surface area (Å²) in [7, 11) is 0. The monoisotopic (exact) mass is 407 g/mol. The topological polar surface area (TPSA) is 73.8 Å². The molecule has 0 aromatic heterocycles. The Morgan fingerprint density at radius 2 is 1.87 bits per heavy atom. The number of benzene rings is 2. The zero-order valence-corrected chi connectivity index (χ0v) is 17.3. The van der Waals surface area contributed by atoms with Crippen LogP contribution in [0.1, 0.15) is 48.5 Å². The number of nitrogens with zero attached hydrogens (tertiary/aromatic N) is 1. The second kappa shape index (κ2) is 8.02. The Labute approximate surface area is 177 Å². The molecule has 3 fully saturated rings. The third-order valence-corrected chi connectivity index (χ3v) is 6.84. The van der Waals surface area contributed by atoms with E-state index in [9.17, 15) is 9.90 Å². The number of carbonyl (C=O) groups is 1. The molecule has 2 aromatic carbocycles. The number of aryl methyl sites for hydroxylation is 1. The highest BCUT2D eigenvalue weighted by molar-refractivity contribution is 5.86. The van der Waals surface area contributed by atoms with Crippen LogP contribution >= 0.6 is 0 Å². The summed E-state index contributed by atoms with van der Waals surface area (Å²) in [4.78, 5) is 15.5. The molecule has 0 aliphatic carbocycles. The lowest BCUT2D eigenvalue weighted by Gasteiger charge is -2.32. The minimum atomic E-state index is -0.327. The van der Waals surface area contributed by atoms with Crippen molar-refractivity contribution >= 4 is 5.91 Å². The van der Waals surface area contributed by atoms with Crippen molar-refractivity contribution < 1.29 is 14.6 Å². The number of nitrogens with one attached hydrogen (secondary N) is 2. The van der Waals surface area contributed by atoms with Gasteiger partial charge in [-0.2, -0.15) is 0 Å². The molecule has 5 atom stereocenters. The quantitative estimate of drug-likeness (QED) is 0.711. The number of ether oxygens (including phenoxy) is 1. The number of para-hydroxylation sites is 1. The van der Waals surface area contributed by atoms with E-state index in [0.29, 0.717) is 6.54 Å². The molecule has 5 rings (SSSR count). The van der Waals surface area contributed by atoms with Crippen LogP contribution < -0.4 is 10.9 Å². The molecule has 2 aromatic rings. The van der Waals surface area contributed by atoms with Crippen LogP contribution in [0.5, 0.6) is 5.75 Å². The van der Waals surface area contributed by atoms with Gasteiger partial charge < -0.3 is 14.7 Å². The molecule has 3 aliphatic rings. The van der Waals surface area contributed by atoms with Gasteiger partial charge in [-0.05, 0) is 36.5 Å².